The lowest BCUT2D eigenvalue weighted by atomic mass is 10.1. The Labute approximate surface area is 196 Å². The zero-order valence-corrected chi connectivity index (χ0v) is 19.3. The molecule has 0 aliphatic heterocycles. The number of carbonyl (C=O) groups is 1. The van der Waals surface area contributed by atoms with Crippen molar-refractivity contribution >= 4 is 29.5 Å². The lowest BCUT2D eigenvalue weighted by molar-refractivity contribution is 0.168. The van der Waals surface area contributed by atoms with E-state index in [1.165, 1.54) is 17.9 Å². The number of anilines is 1. The smallest absolute Gasteiger partial charge is 0.411 e. The van der Waals surface area contributed by atoms with Crippen LogP contribution >= 0.6 is 11.6 Å². The Morgan fingerprint density at radius 3 is 2.48 bits per heavy atom. The molecule has 0 aliphatic rings. The van der Waals surface area contributed by atoms with Crippen LogP contribution in [0.15, 0.2) is 59.4 Å². The zero-order valence-electron chi connectivity index (χ0n) is 18.5. The topological polar surface area (TPSA) is 91.7 Å². The number of benzene rings is 2. The van der Waals surface area contributed by atoms with Gasteiger partial charge in [-0.1, -0.05) is 35.9 Å². The van der Waals surface area contributed by atoms with E-state index >= 15 is 0 Å². The fourth-order valence-electron chi connectivity index (χ4n) is 3.03. The fourth-order valence-corrected chi connectivity index (χ4v) is 3.16. The van der Waals surface area contributed by atoms with Crippen molar-refractivity contribution < 1.29 is 19.0 Å². The first-order valence-electron chi connectivity index (χ1n) is 10.2. The summed E-state index contributed by atoms with van der Waals surface area (Å²) in [7, 11) is 3.08. The minimum absolute atomic E-state index is 0.0492. The highest BCUT2D eigenvalue weighted by molar-refractivity contribution is 6.30. The van der Waals surface area contributed by atoms with Crippen molar-refractivity contribution in [3.8, 4) is 22.8 Å². The predicted molar refractivity (Wildman–Crippen MR) is 128 cm³/mol. The van der Waals surface area contributed by atoms with Crippen LogP contribution in [0.3, 0.4) is 0 Å². The normalized spacial score (nSPS) is 10.8. The zero-order chi connectivity index (χ0) is 23.8. The Balaban J connectivity index is 1.99. The van der Waals surface area contributed by atoms with Crippen LogP contribution in [0.4, 0.5) is 10.5 Å². The van der Waals surface area contributed by atoms with Gasteiger partial charge in [-0.3, -0.25) is 10.1 Å². The van der Waals surface area contributed by atoms with Gasteiger partial charge in [0.15, 0.2) is 11.5 Å². The highest BCUT2D eigenvalue weighted by Gasteiger charge is 2.14. The van der Waals surface area contributed by atoms with Gasteiger partial charge in [0.25, 0.3) is 5.56 Å². The monoisotopic (exact) mass is 469 g/mol. The summed E-state index contributed by atoms with van der Waals surface area (Å²) < 4.78 is 16.8. The van der Waals surface area contributed by atoms with Crippen LogP contribution in [-0.2, 0) is 11.3 Å². The molecular formula is C24H24ClN3O5. The quantitative estimate of drug-likeness (QED) is 0.506. The highest BCUT2D eigenvalue weighted by atomic mass is 35.5. The molecule has 3 rings (SSSR count). The average Bonchev–Trinajstić information content (AvgIpc) is 2.82. The number of hydrogen-bond donors (Lipinski definition) is 1. The molecule has 1 aromatic heterocycles. The van der Waals surface area contributed by atoms with E-state index in [-0.39, 0.29) is 18.8 Å². The summed E-state index contributed by atoms with van der Waals surface area (Å²) >= 11 is 5.92. The SMILES string of the molecule is CCOC(=O)Nc1cc(-c2ccc(OC)c(OC)c2)nn(CC=Cc2ccc(Cl)cc2)c1=O. The summed E-state index contributed by atoms with van der Waals surface area (Å²) in [6.45, 7) is 2.04. The summed E-state index contributed by atoms with van der Waals surface area (Å²) in [4.78, 5) is 24.9. The van der Waals surface area contributed by atoms with Crippen LogP contribution in [0.5, 0.6) is 11.5 Å². The summed E-state index contributed by atoms with van der Waals surface area (Å²) in [5.74, 6) is 1.07. The van der Waals surface area contributed by atoms with Crippen molar-refractivity contribution in [1.29, 1.82) is 0 Å². The molecule has 9 heteroatoms. The number of aromatic nitrogens is 2. The van der Waals surface area contributed by atoms with E-state index in [2.05, 4.69) is 10.4 Å². The molecule has 33 heavy (non-hydrogen) atoms. The highest BCUT2D eigenvalue weighted by Crippen LogP contribution is 2.31. The van der Waals surface area contributed by atoms with Gasteiger partial charge < -0.3 is 14.2 Å². The summed E-state index contributed by atoms with van der Waals surface area (Å²) in [5, 5.41) is 7.62. The van der Waals surface area contributed by atoms with Crippen LogP contribution in [-0.4, -0.2) is 36.7 Å². The van der Waals surface area contributed by atoms with Crippen LogP contribution in [0, 0.1) is 0 Å². The second kappa shape index (κ2) is 11.2. The third-order valence-electron chi connectivity index (χ3n) is 4.62. The van der Waals surface area contributed by atoms with Crippen molar-refractivity contribution in [3.05, 3.63) is 75.5 Å². The Kier molecular flexibility index (Phi) is 8.10. The molecule has 0 bridgehead atoms. The number of nitrogens with one attached hydrogen (secondary N) is 1. The van der Waals surface area contributed by atoms with E-state index in [1.54, 1.807) is 50.4 Å². The maximum atomic E-state index is 12.9. The molecule has 3 aromatic rings. The van der Waals surface area contributed by atoms with Gasteiger partial charge in [-0.25, -0.2) is 9.48 Å². The molecular weight excluding hydrogens is 446 g/mol. The number of ether oxygens (including phenoxy) is 3. The average molecular weight is 470 g/mol. The molecule has 0 aliphatic carbocycles. The minimum atomic E-state index is -0.720. The molecule has 0 atom stereocenters. The Morgan fingerprint density at radius 1 is 1.09 bits per heavy atom. The van der Waals surface area contributed by atoms with Crippen molar-refractivity contribution in [2.75, 3.05) is 26.1 Å². The first-order chi connectivity index (χ1) is 15.9. The van der Waals surface area contributed by atoms with Crippen LogP contribution < -0.4 is 20.3 Å². The second-order valence-corrected chi connectivity index (χ2v) is 7.24. The van der Waals surface area contributed by atoms with Crippen molar-refractivity contribution in [3.63, 3.8) is 0 Å². The van der Waals surface area contributed by atoms with Gasteiger partial charge in [0.1, 0.15) is 5.69 Å². The van der Waals surface area contributed by atoms with Gasteiger partial charge in [-0.05, 0) is 48.9 Å². The van der Waals surface area contributed by atoms with Gasteiger partial charge in [0, 0.05) is 10.6 Å². The summed E-state index contributed by atoms with van der Waals surface area (Å²) in [5.41, 5.74) is 1.65. The number of allylic oxidation sites excluding steroid dienone is 1. The molecule has 1 amide bonds. The second-order valence-electron chi connectivity index (χ2n) is 6.80. The van der Waals surface area contributed by atoms with Gasteiger partial charge in [-0.15, -0.1) is 0 Å². The number of nitrogens with zero attached hydrogens (tertiary/aromatic N) is 2. The molecule has 0 unspecified atom stereocenters. The molecule has 1 heterocycles. The molecule has 0 spiro atoms. The maximum Gasteiger partial charge on any atom is 0.411 e. The van der Waals surface area contributed by atoms with E-state index in [0.29, 0.717) is 27.8 Å². The Bertz CT molecular complexity index is 1210. The van der Waals surface area contributed by atoms with Gasteiger partial charge in [0.2, 0.25) is 0 Å². The molecule has 0 saturated carbocycles. The molecule has 0 saturated heterocycles. The van der Waals surface area contributed by atoms with E-state index in [4.69, 9.17) is 25.8 Å². The Morgan fingerprint density at radius 2 is 1.82 bits per heavy atom. The predicted octanol–water partition coefficient (Wildman–Crippen LogP) is 4.86. The number of methoxy groups -OCH3 is 2. The van der Waals surface area contributed by atoms with E-state index in [9.17, 15) is 9.59 Å². The fraction of sp³-hybridized carbons (Fsp3) is 0.208. The van der Waals surface area contributed by atoms with E-state index < -0.39 is 11.7 Å². The molecule has 1 N–H and O–H groups in total. The molecule has 8 nitrogen and oxygen atoms in total. The number of carbonyl (C=O) groups excluding carboxylic acids is 1. The summed E-state index contributed by atoms with van der Waals surface area (Å²) in [6.07, 6.45) is 2.93. The third kappa shape index (κ3) is 6.14. The van der Waals surface area contributed by atoms with Gasteiger partial charge in [0.05, 0.1) is 33.1 Å². The van der Waals surface area contributed by atoms with Crippen LogP contribution in [0.1, 0.15) is 12.5 Å². The van der Waals surface area contributed by atoms with Crippen LogP contribution in [0.25, 0.3) is 17.3 Å². The van der Waals surface area contributed by atoms with E-state index in [0.717, 1.165) is 5.56 Å². The lowest BCUT2D eigenvalue weighted by Crippen LogP contribution is -2.28. The molecule has 0 radical (unpaired) electrons. The first kappa shape index (κ1) is 23.9. The van der Waals surface area contributed by atoms with Gasteiger partial charge >= 0.3 is 6.09 Å². The third-order valence-corrected chi connectivity index (χ3v) is 4.88. The van der Waals surface area contributed by atoms with Crippen molar-refractivity contribution in [1.82, 2.24) is 9.78 Å². The van der Waals surface area contributed by atoms with Crippen molar-refractivity contribution in [2.45, 2.75) is 13.5 Å². The maximum absolute atomic E-state index is 12.9. The molecule has 0 fully saturated rings. The lowest BCUT2D eigenvalue weighted by Gasteiger charge is -2.12. The first-order valence-corrected chi connectivity index (χ1v) is 10.5. The summed E-state index contributed by atoms with van der Waals surface area (Å²) in [6, 6.07) is 14.1. The van der Waals surface area contributed by atoms with Crippen LogP contribution in [0.2, 0.25) is 5.02 Å². The minimum Gasteiger partial charge on any atom is -0.493 e. The number of rotatable bonds is 8. The number of hydrogen-bond acceptors (Lipinski definition) is 6. The number of amides is 1. The Hall–Kier alpha value is -3.78. The van der Waals surface area contributed by atoms with E-state index in [1.807, 2.05) is 18.2 Å². The number of halogens is 1. The largest absolute Gasteiger partial charge is 0.493 e. The van der Waals surface area contributed by atoms with Crippen molar-refractivity contribution in [2.24, 2.45) is 0 Å². The molecule has 172 valence electrons. The molecule has 2 aromatic carbocycles. The standard InChI is InChI=1S/C24H24ClN3O5/c1-4-33-24(30)26-20-15-19(17-9-12-21(31-2)22(14-17)32-3)27-28(23(20)29)13-5-6-16-7-10-18(25)11-8-16/h5-12,14-15H,4,13H2,1-3H3,(H,26,30). The van der Waals surface area contributed by atoms with Gasteiger partial charge in [-0.2, -0.15) is 5.10 Å².